The Morgan fingerprint density at radius 1 is 1.11 bits per heavy atom. The molecule has 0 aliphatic rings. The largest absolute Gasteiger partial charge is 0.478 e. The van der Waals surface area contributed by atoms with E-state index in [2.05, 4.69) is 10.2 Å². The number of ether oxygens (including phenoxy) is 1. The van der Waals surface area contributed by atoms with Crippen LogP contribution in [0.1, 0.15) is 5.56 Å². The van der Waals surface area contributed by atoms with Gasteiger partial charge in [0.25, 0.3) is 5.88 Å². The predicted molar refractivity (Wildman–Crippen MR) is 63.4 cm³/mol. The highest BCUT2D eigenvalue weighted by Gasteiger charge is 2.30. The number of methoxy groups -OCH3 is 1. The fourth-order valence-electron chi connectivity index (χ4n) is 1.52. The van der Waals surface area contributed by atoms with E-state index in [4.69, 9.17) is 10.5 Å². The first-order chi connectivity index (χ1) is 8.91. The normalized spacial score (nSPS) is 11.4. The number of aromatic nitrogens is 2. The number of anilines is 1. The first-order valence-electron chi connectivity index (χ1n) is 5.26. The Balaban J connectivity index is 2.35. The molecule has 0 fully saturated rings. The summed E-state index contributed by atoms with van der Waals surface area (Å²) in [6.07, 6.45) is -4.36. The quantitative estimate of drug-likeness (QED) is 0.910. The molecule has 7 heteroatoms. The highest BCUT2D eigenvalue weighted by Crippen LogP contribution is 2.31. The molecule has 2 aromatic rings. The molecule has 0 aliphatic carbocycles. The average molecular weight is 269 g/mol. The molecule has 0 radical (unpaired) electrons. The predicted octanol–water partition coefficient (Wildman–Crippen LogP) is 2.75. The first-order valence-corrected chi connectivity index (χ1v) is 5.26. The molecule has 0 bridgehead atoms. The monoisotopic (exact) mass is 269 g/mol. The van der Waals surface area contributed by atoms with Gasteiger partial charge in [0.05, 0.1) is 24.1 Å². The summed E-state index contributed by atoms with van der Waals surface area (Å²) in [7, 11) is 1.40. The number of rotatable bonds is 2. The van der Waals surface area contributed by atoms with Gasteiger partial charge in [-0.3, -0.25) is 0 Å². The Kier molecular flexibility index (Phi) is 3.28. The third-order valence-electron chi connectivity index (χ3n) is 2.49. The zero-order chi connectivity index (χ0) is 14.0. The van der Waals surface area contributed by atoms with Crippen LogP contribution >= 0.6 is 0 Å². The number of benzene rings is 1. The van der Waals surface area contributed by atoms with Gasteiger partial charge >= 0.3 is 6.18 Å². The van der Waals surface area contributed by atoms with Crippen molar-refractivity contribution < 1.29 is 17.9 Å². The third-order valence-corrected chi connectivity index (χ3v) is 2.49. The van der Waals surface area contributed by atoms with E-state index in [1.807, 2.05) is 0 Å². The Hall–Kier alpha value is -2.31. The molecule has 2 N–H and O–H groups in total. The lowest BCUT2D eigenvalue weighted by Gasteiger charge is -2.08. The van der Waals surface area contributed by atoms with Crippen molar-refractivity contribution in [1.82, 2.24) is 10.2 Å². The molecule has 1 aromatic carbocycles. The topological polar surface area (TPSA) is 61.0 Å². The molecule has 0 atom stereocenters. The molecule has 1 aromatic heterocycles. The van der Waals surface area contributed by atoms with Crippen LogP contribution in [-0.4, -0.2) is 17.3 Å². The summed E-state index contributed by atoms with van der Waals surface area (Å²) in [6.45, 7) is 0. The van der Waals surface area contributed by atoms with Gasteiger partial charge in [0.1, 0.15) is 0 Å². The van der Waals surface area contributed by atoms with Crippen LogP contribution in [0.15, 0.2) is 30.3 Å². The van der Waals surface area contributed by atoms with E-state index in [1.165, 1.54) is 25.3 Å². The number of nitrogen functional groups attached to an aromatic ring is 1. The molecular formula is C12H10F3N3O. The molecule has 0 spiro atoms. The van der Waals surface area contributed by atoms with Gasteiger partial charge in [0.2, 0.25) is 0 Å². The van der Waals surface area contributed by atoms with E-state index in [-0.39, 0.29) is 11.6 Å². The van der Waals surface area contributed by atoms with Crippen LogP contribution in [0.5, 0.6) is 5.88 Å². The fraction of sp³-hybridized carbons (Fsp3) is 0.167. The lowest BCUT2D eigenvalue weighted by atomic mass is 10.1. The van der Waals surface area contributed by atoms with Gasteiger partial charge in [0.15, 0.2) is 0 Å². The van der Waals surface area contributed by atoms with Crippen molar-refractivity contribution in [1.29, 1.82) is 0 Å². The molecule has 4 nitrogen and oxygen atoms in total. The van der Waals surface area contributed by atoms with Crippen LogP contribution in [0, 0.1) is 0 Å². The summed E-state index contributed by atoms with van der Waals surface area (Å²) in [5, 5.41) is 7.56. The van der Waals surface area contributed by atoms with E-state index >= 15 is 0 Å². The van der Waals surface area contributed by atoms with Crippen LogP contribution in [0.25, 0.3) is 11.3 Å². The smallest absolute Gasteiger partial charge is 0.416 e. The minimum Gasteiger partial charge on any atom is -0.478 e. The van der Waals surface area contributed by atoms with E-state index in [0.29, 0.717) is 11.3 Å². The maximum Gasteiger partial charge on any atom is 0.416 e. The second kappa shape index (κ2) is 4.75. The molecule has 2 rings (SSSR count). The van der Waals surface area contributed by atoms with Gasteiger partial charge in [-0.05, 0) is 18.2 Å². The molecule has 0 amide bonds. The third kappa shape index (κ3) is 2.75. The summed E-state index contributed by atoms with van der Waals surface area (Å²) < 4.78 is 42.1. The number of nitrogens with zero attached hydrogens (tertiary/aromatic N) is 2. The van der Waals surface area contributed by atoms with Gasteiger partial charge in [0, 0.05) is 5.56 Å². The van der Waals surface area contributed by atoms with Crippen LogP contribution < -0.4 is 10.5 Å². The molecule has 1 heterocycles. The number of alkyl halides is 3. The molecule has 0 unspecified atom stereocenters. The molecule has 19 heavy (non-hydrogen) atoms. The lowest BCUT2D eigenvalue weighted by Crippen LogP contribution is -2.04. The Morgan fingerprint density at radius 3 is 2.21 bits per heavy atom. The number of hydrogen-bond donors (Lipinski definition) is 1. The van der Waals surface area contributed by atoms with Crippen molar-refractivity contribution in [2.24, 2.45) is 0 Å². The van der Waals surface area contributed by atoms with Crippen LogP contribution in [0.4, 0.5) is 18.9 Å². The minimum absolute atomic E-state index is 0.177. The van der Waals surface area contributed by atoms with E-state index in [9.17, 15) is 13.2 Å². The second-order valence-electron chi connectivity index (χ2n) is 3.77. The Morgan fingerprint density at radius 2 is 1.74 bits per heavy atom. The zero-order valence-electron chi connectivity index (χ0n) is 9.90. The van der Waals surface area contributed by atoms with Gasteiger partial charge < -0.3 is 10.5 Å². The highest BCUT2D eigenvalue weighted by molar-refractivity contribution is 5.64. The molecule has 100 valence electrons. The van der Waals surface area contributed by atoms with E-state index in [0.717, 1.165) is 12.1 Å². The van der Waals surface area contributed by atoms with Gasteiger partial charge in [-0.15, -0.1) is 10.2 Å². The maximum absolute atomic E-state index is 12.4. The van der Waals surface area contributed by atoms with E-state index in [1.54, 1.807) is 0 Å². The van der Waals surface area contributed by atoms with Gasteiger partial charge in [-0.2, -0.15) is 13.2 Å². The van der Waals surface area contributed by atoms with Crippen molar-refractivity contribution in [3.8, 4) is 17.1 Å². The second-order valence-corrected chi connectivity index (χ2v) is 3.77. The van der Waals surface area contributed by atoms with Crippen LogP contribution in [0.2, 0.25) is 0 Å². The SMILES string of the molecule is COc1nnc(-c2ccc(C(F)(F)F)cc2)cc1N. The minimum atomic E-state index is -4.36. The highest BCUT2D eigenvalue weighted by atomic mass is 19.4. The summed E-state index contributed by atoms with van der Waals surface area (Å²) in [5.41, 5.74) is 6.09. The standard InChI is InChI=1S/C12H10F3N3O/c1-19-11-9(16)6-10(17-18-11)7-2-4-8(5-3-7)12(13,14)15/h2-6H,1H3,(H2,16,17). The summed E-state index contributed by atoms with van der Waals surface area (Å²) >= 11 is 0. The van der Waals surface area contributed by atoms with Crippen molar-refractivity contribution in [2.75, 3.05) is 12.8 Å². The number of hydrogen-bond acceptors (Lipinski definition) is 4. The molecular weight excluding hydrogens is 259 g/mol. The number of nitrogens with two attached hydrogens (primary N) is 1. The fourth-order valence-corrected chi connectivity index (χ4v) is 1.52. The molecule has 0 aliphatic heterocycles. The van der Waals surface area contributed by atoms with Crippen molar-refractivity contribution >= 4 is 5.69 Å². The zero-order valence-corrected chi connectivity index (χ0v) is 9.90. The summed E-state index contributed by atoms with van der Waals surface area (Å²) in [6, 6.07) is 6.10. The average Bonchev–Trinajstić information content (AvgIpc) is 2.38. The number of halogens is 3. The lowest BCUT2D eigenvalue weighted by molar-refractivity contribution is -0.137. The summed E-state index contributed by atoms with van der Waals surface area (Å²) in [4.78, 5) is 0. The maximum atomic E-state index is 12.4. The summed E-state index contributed by atoms with van der Waals surface area (Å²) in [5.74, 6) is 0.177. The van der Waals surface area contributed by atoms with Gasteiger partial charge in [-0.25, -0.2) is 0 Å². The Labute approximate surface area is 107 Å². The first kappa shape index (κ1) is 13.1. The van der Waals surface area contributed by atoms with Crippen LogP contribution in [-0.2, 0) is 6.18 Å². The molecule has 0 saturated heterocycles. The molecule has 0 saturated carbocycles. The van der Waals surface area contributed by atoms with Gasteiger partial charge in [-0.1, -0.05) is 12.1 Å². The van der Waals surface area contributed by atoms with Crippen molar-refractivity contribution in [2.45, 2.75) is 6.18 Å². The van der Waals surface area contributed by atoms with E-state index < -0.39 is 11.7 Å². The van der Waals surface area contributed by atoms with Crippen molar-refractivity contribution in [3.63, 3.8) is 0 Å². The van der Waals surface area contributed by atoms with Crippen LogP contribution in [0.3, 0.4) is 0 Å². The van der Waals surface area contributed by atoms with Crippen molar-refractivity contribution in [3.05, 3.63) is 35.9 Å². The Bertz CT molecular complexity index is 582.